The summed E-state index contributed by atoms with van der Waals surface area (Å²) < 4.78 is 0. The number of nitrogens with two attached hydrogens (primary N) is 1. The summed E-state index contributed by atoms with van der Waals surface area (Å²) in [5.41, 5.74) is 6.63. The van der Waals surface area contributed by atoms with Gasteiger partial charge in [0.1, 0.15) is 5.75 Å². The van der Waals surface area contributed by atoms with Crippen LogP contribution < -0.4 is 11.1 Å². The van der Waals surface area contributed by atoms with Crippen LogP contribution in [-0.4, -0.2) is 35.3 Å². The lowest BCUT2D eigenvalue weighted by molar-refractivity contribution is -0.122. The van der Waals surface area contributed by atoms with Gasteiger partial charge < -0.3 is 21.3 Å². The number of benzene rings is 1. The van der Waals surface area contributed by atoms with E-state index in [1.54, 1.807) is 24.3 Å². The van der Waals surface area contributed by atoms with E-state index in [0.717, 1.165) is 5.56 Å². The number of phenolic OH excluding ortho intramolecular Hbond substituents is 1. The summed E-state index contributed by atoms with van der Waals surface area (Å²) in [6, 6.07) is 5.97. The average molecular weight is 238 g/mol. The van der Waals surface area contributed by atoms with Crippen molar-refractivity contribution in [3.63, 3.8) is 0 Å². The third kappa shape index (κ3) is 4.84. The van der Waals surface area contributed by atoms with Crippen molar-refractivity contribution >= 4 is 5.91 Å². The quantitative estimate of drug-likeness (QED) is 0.514. The Morgan fingerprint density at radius 3 is 2.59 bits per heavy atom. The molecule has 1 rings (SSSR count). The standard InChI is InChI=1S/C12H18N2O3/c13-11(12(17)14-6-1-7-15)8-9-2-4-10(16)5-3-9/h2-5,11,15-16H,1,6-8,13H2,(H,14,17)/t11-/m0/s1. The fourth-order valence-corrected chi connectivity index (χ4v) is 1.40. The van der Waals surface area contributed by atoms with Gasteiger partial charge in [0, 0.05) is 13.2 Å². The molecule has 1 aromatic rings. The molecule has 5 N–H and O–H groups in total. The van der Waals surface area contributed by atoms with Crippen LogP contribution in [0, 0.1) is 0 Å². The molecule has 0 bridgehead atoms. The minimum atomic E-state index is -0.613. The molecule has 0 fully saturated rings. The lowest BCUT2D eigenvalue weighted by Gasteiger charge is -2.12. The number of carbonyl (C=O) groups excluding carboxylic acids is 1. The van der Waals surface area contributed by atoms with Gasteiger partial charge in [0.25, 0.3) is 0 Å². The van der Waals surface area contributed by atoms with Gasteiger partial charge in [-0.3, -0.25) is 4.79 Å². The molecule has 0 aliphatic rings. The number of aliphatic hydroxyl groups is 1. The fraction of sp³-hybridized carbons (Fsp3) is 0.417. The number of phenols is 1. The molecular weight excluding hydrogens is 220 g/mol. The first-order valence-electron chi connectivity index (χ1n) is 5.55. The summed E-state index contributed by atoms with van der Waals surface area (Å²) >= 11 is 0. The van der Waals surface area contributed by atoms with Crippen molar-refractivity contribution in [2.24, 2.45) is 5.73 Å². The van der Waals surface area contributed by atoms with Crippen molar-refractivity contribution in [3.05, 3.63) is 29.8 Å². The summed E-state index contributed by atoms with van der Waals surface area (Å²) in [5.74, 6) is -0.0405. The van der Waals surface area contributed by atoms with Crippen LogP contribution in [0.4, 0.5) is 0 Å². The molecule has 0 aromatic heterocycles. The molecule has 94 valence electrons. The van der Waals surface area contributed by atoms with Crippen LogP contribution in [0.25, 0.3) is 0 Å². The molecule has 0 spiro atoms. The highest BCUT2D eigenvalue weighted by Gasteiger charge is 2.13. The molecule has 0 saturated heterocycles. The Labute approximate surface area is 100 Å². The van der Waals surface area contributed by atoms with Gasteiger partial charge in [-0.2, -0.15) is 0 Å². The maximum absolute atomic E-state index is 11.5. The van der Waals surface area contributed by atoms with Crippen LogP contribution in [-0.2, 0) is 11.2 Å². The monoisotopic (exact) mass is 238 g/mol. The molecule has 0 aliphatic heterocycles. The van der Waals surface area contributed by atoms with Crippen molar-refractivity contribution in [3.8, 4) is 5.75 Å². The predicted molar refractivity (Wildman–Crippen MR) is 64.5 cm³/mol. The van der Waals surface area contributed by atoms with Crippen molar-refractivity contribution < 1.29 is 15.0 Å². The lowest BCUT2D eigenvalue weighted by Crippen LogP contribution is -2.42. The molecule has 17 heavy (non-hydrogen) atoms. The smallest absolute Gasteiger partial charge is 0.237 e. The van der Waals surface area contributed by atoms with E-state index in [1.165, 1.54) is 0 Å². The number of carbonyl (C=O) groups is 1. The number of amides is 1. The zero-order valence-corrected chi connectivity index (χ0v) is 9.60. The van der Waals surface area contributed by atoms with Gasteiger partial charge in [-0.1, -0.05) is 12.1 Å². The SMILES string of the molecule is N[C@@H](Cc1ccc(O)cc1)C(=O)NCCCO. The van der Waals surface area contributed by atoms with Crippen LogP contribution in [0.15, 0.2) is 24.3 Å². The summed E-state index contributed by atoms with van der Waals surface area (Å²) in [6.07, 6.45) is 0.947. The van der Waals surface area contributed by atoms with Crippen molar-refractivity contribution in [2.75, 3.05) is 13.2 Å². The fourth-order valence-electron chi connectivity index (χ4n) is 1.40. The lowest BCUT2D eigenvalue weighted by atomic mass is 10.1. The molecule has 0 heterocycles. The van der Waals surface area contributed by atoms with E-state index < -0.39 is 6.04 Å². The first-order chi connectivity index (χ1) is 8.13. The van der Waals surface area contributed by atoms with Crippen LogP contribution in [0.2, 0.25) is 0 Å². The van der Waals surface area contributed by atoms with Crippen LogP contribution >= 0.6 is 0 Å². The van der Waals surface area contributed by atoms with Crippen molar-refractivity contribution in [2.45, 2.75) is 18.9 Å². The highest BCUT2D eigenvalue weighted by Crippen LogP contribution is 2.10. The van der Waals surface area contributed by atoms with Crippen LogP contribution in [0.5, 0.6) is 5.75 Å². The van der Waals surface area contributed by atoms with E-state index in [9.17, 15) is 4.79 Å². The molecule has 5 heteroatoms. The van der Waals surface area contributed by atoms with Crippen molar-refractivity contribution in [1.29, 1.82) is 0 Å². The third-order valence-electron chi connectivity index (χ3n) is 2.36. The summed E-state index contributed by atoms with van der Waals surface area (Å²) in [7, 11) is 0. The second-order valence-corrected chi connectivity index (χ2v) is 3.85. The van der Waals surface area contributed by atoms with E-state index in [1.807, 2.05) is 0 Å². The van der Waals surface area contributed by atoms with Gasteiger partial charge in [-0.05, 0) is 30.5 Å². The molecule has 0 aliphatic carbocycles. The minimum Gasteiger partial charge on any atom is -0.508 e. The molecule has 0 radical (unpaired) electrons. The number of hydrogen-bond donors (Lipinski definition) is 4. The van der Waals surface area contributed by atoms with Crippen molar-refractivity contribution in [1.82, 2.24) is 5.32 Å². The zero-order chi connectivity index (χ0) is 12.7. The van der Waals surface area contributed by atoms with E-state index in [0.29, 0.717) is 19.4 Å². The highest BCUT2D eigenvalue weighted by atomic mass is 16.3. The van der Waals surface area contributed by atoms with Crippen LogP contribution in [0.3, 0.4) is 0 Å². The molecule has 5 nitrogen and oxygen atoms in total. The second kappa shape index (κ2) is 6.88. The maximum Gasteiger partial charge on any atom is 0.237 e. The topological polar surface area (TPSA) is 95.6 Å². The van der Waals surface area contributed by atoms with E-state index >= 15 is 0 Å². The number of hydrogen-bond acceptors (Lipinski definition) is 4. The number of rotatable bonds is 6. The van der Waals surface area contributed by atoms with Gasteiger partial charge >= 0.3 is 0 Å². The minimum absolute atomic E-state index is 0.0491. The normalized spacial score (nSPS) is 12.1. The summed E-state index contributed by atoms with van der Waals surface area (Å²) in [4.78, 5) is 11.5. The van der Waals surface area contributed by atoms with Gasteiger partial charge in [-0.25, -0.2) is 0 Å². The van der Waals surface area contributed by atoms with E-state index in [2.05, 4.69) is 5.32 Å². The van der Waals surface area contributed by atoms with Gasteiger partial charge in [-0.15, -0.1) is 0 Å². The first-order valence-corrected chi connectivity index (χ1v) is 5.55. The number of aliphatic hydroxyl groups excluding tert-OH is 1. The molecule has 0 unspecified atom stereocenters. The molecule has 1 aromatic carbocycles. The largest absolute Gasteiger partial charge is 0.508 e. The number of aromatic hydroxyl groups is 1. The van der Waals surface area contributed by atoms with Crippen LogP contribution in [0.1, 0.15) is 12.0 Å². The predicted octanol–water partition coefficient (Wildman–Crippen LogP) is -0.239. The summed E-state index contributed by atoms with van der Waals surface area (Å²) in [6.45, 7) is 0.478. The van der Waals surface area contributed by atoms with Gasteiger partial charge in [0.2, 0.25) is 5.91 Å². The Kier molecular flexibility index (Phi) is 5.45. The Morgan fingerprint density at radius 2 is 2.00 bits per heavy atom. The Morgan fingerprint density at radius 1 is 1.35 bits per heavy atom. The molecule has 1 atom stereocenters. The molecular formula is C12H18N2O3. The molecule has 0 saturated carbocycles. The Balaban J connectivity index is 2.40. The van der Waals surface area contributed by atoms with E-state index in [4.69, 9.17) is 15.9 Å². The first kappa shape index (κ1) is 13.5. The number of nitrogens with one attached hydrogen (secondary N) is 1. The van der Waals surface area contributed by atoms with Gasteiger partial charge in [0.15, 0.2) is 0 Å². The third-order valence-corrected chi connectivity index (χ3v) is 2.36. The maximum atomic E-state index is 11.5. The average Bonchev–Trinajstić information content (AvgIpc) is 2.32. The van der Waals surface area contributed by atoms with E-state index in [-0.39, 0.29) is 18.3 Å². The van der Waals surface area contributed by atoms with Gasteiger partial charge in [0.05, 0.1) is 6.04 Å². The Bertz CT molecular complexity index is 351. The zero-order valence-electron chi connectivity index (χ0n) is 9.60. The summed E-state index contributed by atoms with van der Waals surface area (Å²) in [5, 5.41) is 20.3. The Hall–Kier alpha value is -1.59. The molecule has 1 amide bonds. The highest BCUT2D eigenvalue weighted by molar-refractivity contribution is 5.81. The second-order valence-electron chi connectivity index (χ2n) is 3.85.